The van der Waals surface area contributed by atoms with Crippen LogP contribution in [0.25, 0.3) is 5.57 Å². The smallest absolute Gasteiger partial charge is 0.282 e. The van der Waals surface area contributed by atoms with Gasteiger partial charge in [0.15, 0.2) is 0 Å². The molecular weight excluding hydrogens is 396 g/mol. The molecule has 4 rings (SSSR count). The van der Waals surface area contributed by atoms with Gasteiger partial charge in [-0.25, -0.2) is 4.90 Å². The molecule has 0 bridgehead atoms. The van der Waals surface area contributed by atoms with E-state index in [1.165, 1.54) is 23.3 Å². The summed E-state index contributed by atoms with van der Waals surface area (Å²) < 4.78 is 5.42. The number of anilines is 1. The zero-order chi connectivity index (χ0) is 21.1. The number of carbonyl (C=O) groups excluding carboxylic acids is 2. The normalized spacial score (nSPS) is 13.9. The minimum absolute atomic E-state index is 0.325. The second-order valence-corrected chi connectivity index (χ2v) is 7.77. The van der Waals surface area contributed by atoms with Gasteiger partial charge in [0.25, 0.3) is 11.8 Å². The van der Waals surface area contributed by atoms with Crippen LogP contribution >= 0.6 is 11.3 Å². The van der Waals surface area contributed by atoms with Crippen molar-refractivity contribution in [2.24, 2.45) is 0 Å². The quantitative estimate of drug-likeness (QED) is 0.528. The van der Waals surface area contributed by atoms with Crippen LogP contribution in [0, 0.1) is 0 Å². The number of thiophene rings is 1. The number of methoxy groups -OCH3 is 1. The van der Waals surface area contributed by atoms with Crippen LogP contribution < -0.4 is 9.64 Å². The Bertz CT molecular complexity index is 1090. The summed E-state index contributed by atoms with van der Waals surface area (Å²) in [7, 11) is 1.53. The van der Waals surface area contributed by atoms with Gasteiger partial charge in [0.05, 0.1) is 18.4 Å². The molecule has 0 aliphatic carbocycles. The van der Waals surface area contributed by atoms with Gasteiger partial charge < -0.3 is 9.64 Å². The number of likely N-dealkylation sites (N-methyl/N-ethyl adjacent to an activating group) is 1. The molecule has 6 heteroatoms. The van der Waals surface area contributed by atoms with Gasteiger partial charge in [-0.1, -0.05) is 48.5 Å². The third-order valence-corrected chi connectivity index (χ3v) is 5.95. The number of benzene rings is 2. The van der Waals surface area contributed by atoms with Crippen molar-refractivity contribution in [3.05, 3.63) is 88.2 Å². The lowest BCUT2D eigenvalue weighted by atomic mass is 10.1. The highest BCUT2D eigenvalue weighted by molar-refractivity contribution is 7.11. The zero-order valence-electron chi connectivity index (χ0n) is 16.9. The van der Waals surface area contributed by atoms with E-state index in [4.69, 9.17) is 4.74 Å². The Morgan fingerprint density at radius 2 is 1.67 bits per heavy atom. The maximum Gasteiger partial charge on any atom is 0.282 e. The third kappa shape index (κ3) is 3.50. The average Bonchev–Trinajstić information content (AvgIpc) is 3.39. The van der Waals surface area contributed by atoms with E-state index in [9.17, 15) is 9.59 Å². The molecule has 0 saturated carbocycles. The summed E-state index contributed by atoms with van der Waals surface area (Å²) >= 11 is 1.46. The highest BCUT2D eigenvalue weighted by Gasteiger charge is 2.43. The first kappa shape index (κ1) is 19.9. The number of carbonyl (C=O) groups is 2. The lowest BCUT2D eigenvalue weighted by Crippen LogP contribution is -2.35. The highest BCUT2D eigenvalue weighted by Crippen LogP contribution is 2.39. The highest BCUT2D eigenvalue weighted by atomic mass is 32.1. The molecule has 0 unspecified atom stereocenters. The number of ether oxygens (including phenoxy) is 1. The van der Waals surface area contributed by atoms with Crippen LogP contribution in [0.4, 0.5) is 5.69 Å². The standard InChI is InChI=1S/C24H22N2O3S/c1-3-25(16-17-10-5-4-6-11-17)22-21(20-14-9-15-30-20)23(27)26(24(22)28)18-12-7-8-13-19(18)29-2/h4-15H,3,16H2,1-2H3. The van der Waals surface area contributed by atoms with Crippen LogP contribution in [-0.2, 0) is 16.1 Å². The molecular formula is C24H22N2O3S. The first-order chi connectivity index (χ1) is 14.7. The van der Waals surface area contributed by atoms with Crippen LogP contribution in [-0.4, -0.2) is 30.4 Å². The zero-order valence-corrected chi connectivity index (χ0v) is 17.7. The molecule has 2 aromatic carbocycles. The Balaban J connectivity index is 1.82. The van der Waals surface area contributed by atoms with Gasteiger partial charge in [-0.3, -0.25) is 9.59 Å². The van der Waals surface area contributed by atoms with Crippen molar-refractivity contribution in [2.45, 2.75) is 13.5 Å². The van der Waals surface area contributed by atoms with Crippen LogP contribution in [0.2, 0.25) is 0 Å². The van der Waals surface area contributed by atoms with Gasteiger partial charge in [-0.2, -0.15) is 0 Å². The molecule has 0 spiro atoms. The van der Waals surface area contributed by atoms with Crippen molar-refractivity contribution < 1.29 is 14.3 Å². The van der Waals surface area contributed by atoms with E-state index in [0.29, 0.717) is 35.8 Å². The third-order valence-electron chi connectivity index (χ3n) is 5.07. The van der Waals surface area contributed by atoms with Gasteiger partial charge in [-0.05, 0) is 36.1 Å². The Labute approximate surface area is 179 Å². The van der Waals surface area contributed by atoms with E-state index in [-0.39, 0.29) is 11.8 Å². The molecule has 0 N–H and O–H groups in total. The second kappa shape index (κ2) is 8.55. The molecule has 1 aliphatic heterocycles. The first-order valence-corrected chi connectivity index (χ1v) is 10.6. The number of imide groups is 1. The summed E-state index contributed by atoms with van der Waals surface area (Å²) in [6.45, 7) is 3.13. The molecule has 3 aromatic rings. The maximum atomic E-state index is 13.6. The summed E-state index contributed by atoms with van der Waals surface area (Å²) in [5, 5.41) is 1.91. The minimum Gasteiger partial charge on any atom is -0.495 e. The van der Waals surface area contributed by atoms with Crippen molar-refractivity contribution in [3.8, 4) is 5.75 Å². The Hall–Kier alpha value is -3.38. The molecule has 5 nitrogen and oxygen atoms in total. The Morgan fingerprint density at radius 1 is 0.933 bits per heavy atom. The largest absolute Gasteiger partial charge is 0.495 e. The predicted octanol–water partition coefficient (Wildman–Crippen LogP) is 4.56. The fraction of sp³-hybridized carbons (Fsp3) is 0.167. The molecule has 1 aromatic heterocycles. The van der Waals surface area contributed by atoms with Gasteiger partial charge in [0.2, 0.25) is 0 Å². The fourth-order valence-corrected chi connectivity index (χ4v) is 4.40. The van der Waals surface area contributed by atoms with Crippen molar-refractivity contribution in [1.82, 2.24) is 4.90 Å². The van der Waals surface area contributed by atoms with Crippen LogP contribution in [0.5, 0.6) is 5.75 Å². The molecule has 2 heterocycles. The van der Waals surface area contributed by atoms with Crippen molar-refractivity contribution in [2.75, 3.05) is 18.6 Å². The topological polar surface area (TPSA) is 49.9 Å². The molecule has 152 valence electrons. The average molecular weight is 419 g/mol. The molecule has 0 saturated heterocycles. The molecule has 0 fully saturated rings. The summed E-state index contributed by atoms with van der Waals surface area (Å²) in [6.07, 6.45) is 0. The van der Waals surface area contributed by atoms with E-state index in [0.717, 1.165) is 10.4 Å². The van der Waals surface area contributed by atoms with E-state index < -0.39 is 0 Å². The summed E-state index contributed by atoms with van der Waals surface area (Å²) in [4.78, 5) is 31.2. The maximum absolute atomic E-state index is 13.6. The number of rotatable bonds is 7. The van der Waals surface area contributed by atoms with Gasteiger partial charge >= 0.3 is 0 Å². The van der Waals surface area contributed by atoms with Crippen molar-refractivity contribution >= 4 is 34.4 Å². The lowest BCUT2D eigenvalue weighted by molar-refractivity contribution is -0.120. The minimum atomic E-state index is -0.328. The van der Waals surface area contributed by atoms with Crippen LogP contribution in [0.15, 0.2) is 77.8 Å². The second-order valence-electron chi connectivity index (χ2n) is 6.82. The van der Waals surface area contributed by atoms with E-state index in [2.05, 4.69) is 0 Å². The lowest BCUT2D eigenvalue weighted by Gasteiger charge is -2.25. The van der Waals surface area contributed by atoms with E-state index in [1.54, 1.807) is 18.2 Å². The molecule has 30 heavy (non-hydrogen) atoms. The van der Waals surface area contributed by atoms with Crippen LogP contribution in [0.3, 0.4) is 0 Å². The summed E-state index contributed by atoms with van der Waals surface area (Å²) in [6, 6.07) is 20.8. The van der Waals surface area contributed by atoms with Crippen LogP contribution in [0.1, 0.15) is 17.4 Å². The van der Waals surface area contributed by atoms with Gasteiger partial charge in [0.1, 0.15) is 11.4 Å². The number of nitrogens with zero attached hydrogens (tertiary/aromatic N) is 2. The van der Waals surface area contributed by atoms with Crippen molar-refractivity contribution in [3.63, 3.8) is 0 Å². The van der Waals surface area contributed by atoms with E-state index >= 15 is 0 Å². The molecule has 2 amide bonds. The summed E-state index contributed by atoms with van der Waals surface area (Å²) in [5.74, 6) is -0.170. The number of para-hydroxylation sites is 2. The Morgan fingerprint density at radius 3 is 2.33 bits per heavy atom. The molecule has 0 radical (unpaired) electrons. The van der Waals surface area contributed by atoms with Crippen molar-refractivity contribution in [1.29, 1.82) is 0 Å². The predicted molar refractivity (Wildman–Crippen MR) is 119 cm³/mol. The monoisotopic (exact) mass is 418 g/mol. The number of hydrogen-bond donors (Lipinski definition) is 0. The molecule has 1 aliphatic rings. The van der Waals surface area contributed by atoms with E-state index in [1.807, 2.05) is 65.7 Å². The fourth-order valence-electron chi connectivity index (χ4n) is 3.64. The first-order valence-electron chi connectivity index (χ1n) is 9.74. The van der Waals surface area contributed by atoms with Gasteiger partial charge in [0, 0.05) is 18.0 Å². The SMILES string of the molecule is CCN(Cc1ccccc1)C1=C(c2cccs2)C(=O)N(c2ccccc2OC)C1=O. The summed E-state index contributed by atoms with van der Waals surface area (Å²) in [5.41, 5.74) is 2.40. The number of hydrogen-bond acceptors (Lipinski definition) is 5. The molecule has 0 atom stereocenters. The van der Waals surface area contributed by atoms with Gasteiger partial charge in [-0.15, -0.1) is 11.3 Å². The Kier molecular flexibility index (Phi) is 5.68. The number of amides is 2.